The molecule has 0 saturated carbocycles. The Balaban J connectivity index is 2.69. The minimum Gasteiger partial charge on any atom is -0.207 e. The lowest BCUT2D eigenvalue weighted by atomic mass is 9.83. The average Bonchev–Trinajstić information content (AvgIpc) is 2.22. The van der Waals surface area contributed by atoms with Crippen molar-refractivity contribution in [3.63, 3.8) is 0 Å². The third kappa shape index (κ3) is 4.51. The van der Waals surface area contributed by atoms with Gasteiger partial charge in [-0.25, -0.2) is 8.78 Å². The third-order valence-corrected chi connectivity index (χ3v) is 4.41. The zero-order valence-electron chi connectivity index (χ0n) is 10.3. The molecule has 1 atom stereocenters. The van der Waals surface area contributed by atoms with Crippen molar-refractivity contribution in [2.24, 2.45) is 11.3 Å². The second kappa shape index (κ2) is 6.10. The Bertz CT molecular complexity index is 372. The summed E-state index contributed by atoms with van der Waals surface area (Å²) in [4.78, 5) is 0.376. The number of hydrogen-bond acceptors (Lipinski definition) is 2. The van der Waals surface area contributed by atoms with E-state index in [0.717, 1.165) is 17.6 Å². The first kappa shape index (κ1) is 14.8. The van der Waals surface area contributed by atoms with Gasteiger partial charge in [-0.15, -0.1) is 11.8 Å². The van der Waals surface area contributed by atoms with Crippen LogP contribution in [0.5, 0.6) is 0 Å². The fourth-order valence-corrected chi connectivity index (χ4v) is 3.61. The van der Waals surface area contributed by atoms with Crippen LogP contribution in [0, 0.1) is 23.0 Å². The molecule has 0 aromatic heterocycles. The highest BCUT2D eigenvalue weighted by Crippen LogP contribution is 2.33. The number of benzene rings is 1. The Kier molecular flexibility index (Phi) is 5.32. The summed E-state index contributed by atoms with van der Waals surface area (Å²) >= 11 is 5.68. The summed E-state index contributed by atoms with van der Waals surface area (Å²) in [6.07, 6.45) is 0. The van der Waals surface area contributed by atoms with Crippen molar-refractivity contribution in [1.29, 1.82) is 0 Å². The molecule has 96 valence electrons. The lowest BCUT2D eigenvalue weighted by molar-refractivity contribution is 0.294. The molecule has 0 N–H and O–H groups in total. The van der Waals surface area contributed by atoms with Gasteiger partial charge >= 0.3 is 0 Å². The fourth-order valence-electron chi connectivity index (χ4n) is 1.35. The minimum atomic E-state index is -0.396. The van der Waals surface area contributed by atoms with Crippen LogP contribution in [0.3, 0.4) is 0 Å². The van der Waals surface area contributed by atoms with Crippen LogP contribution in [-0.4, -0.2) is 11.5 Å². The molecule has 0 heterocycles. The van der Waals surface area contributed by atoms with Crippen LogP contribution in [0.2, 0.25) is 0 Å². The highest BCUT2D eigenvalue weighted by Gasteiger charge is 2.23. The van der Waals surface area contributed by atoms with Gasteiger partial charge in [-0.2, -0.15) is 12.6 Å². The highest BCUT2D eigenvalue weighted by atomic mass is 32.2. The lowest BCUT2D eigenvalue weighted by Gasteiger charge is -2.29. The maximum absolute atomic E-state index is 13.4. The Morgan fingerprint density at radius 3 is 2.47 bits per heavy atom. The van der Waals surface area contributed by atoms with Crippen molar-refractivity contribution in [3.8, 4) is 0 Å². The van der Waals surface area contributed by atoms with Crippen molar-refractivity contribution in [2.45, 2.75) is 25.7 Å². The van der Waals surface area contributed by atoms with E-state index in [1.165, 1.54) is 23.9 Å². The predicted molar refractivity (Wildman–Crippen MR) is 73.9 cm³/mol. The van der Waals surface area contributed by atoms with E-state index < -0.39 is 5.82 Å². The number of thiol groups is 1. The maximum atomic E-state index is 13.4. The number of rotatable bonds is 4. The van der Waals surface area contributed by atoms with Gasteiger partial charge in [0.2, 0.25) is 0 Å². The van der Waals surface area contributed by atoms with Gasteiger partial charge in [0.1, 0.15) is 11.6 Å². The standard InChI is InChI=1S/C13H18F2S2/c1-13(2,3)9(7-16)8-17-12-6-10(14)4-5-11(12)15/h4-6,9,16H,7-8H2,1-3H3. The van der Waals surface area contributed by atoms with Crippen LogP contribution < -0.4 is 0 Å². The van der Waals surface area contributed by atoms with Crippen molar-refractivity contribution in [2.75, 3.05) is 11.5 Å². The van der Waals surface area contributed by atoms with E-state index in [-0.39, 0.29) is 11.2 Å². The normalized spacial score (nSPS) is 13.8. The molecule has 0 aliphatic rings. The molecular weight excluding hydrogens is 258 g/mol. The molecule has 4 heteroatoms. The number of halogens is 2. The van der Waals surface area contributed by atoms with Gasteiger partial charge in [-0.3, -0.25) is 0 Å². The average molecular weight is 276 g/mol. The number of thioether (sulfide) groups is 1. The lowest BCUT2D eigenvalue weighted by Crippen LogP contribution is -2.24. The molecule has 0 fully saturated rings. The van der Waals surface area contributed by atoms with E-state index in [0.29, 0.717) is 10.8 Å². The summed E-state index contributed by atoms with van der Waals surface area (Å²) in [5, 5.41) is 0. The quantitative estimate of drug-likeness (QED) is 0.617. The second-order valence-corrected chi connectivity index (χ2v) is 6.56. The molecule has 0 saturated heterocycles. The monoisotopic (exact) mass is 276 g/mol. The maximum Gasteiger partial charge on any atom is 0.136 e. The topological polar surface area (TPSA) is 0 Å². The van der Waals surface area contributed by atoms with E-state index in [9.17, 15) is 8.78 Å². The molecule has 0 nitrogen and oxygen atoms in total. The molecule has 17 heavy (non-hydrogen) atoms. The molecule has 0 amide bonds. The zero-order valence-corrected chi connectivity index (χ0v) is 12.0. The summed E-state index contributed by atoms with van der Waals surface area (Å²) in [6, 6.07) is 3.56. The van der Waals surface area contributed by atoms with Crippen LogP contribution in [0.4, 0.5) is 8.78 Å². The minimum absolute atomic E-state index is 0.124. The fraction of sp³-hybridized carbons (Fsp3) is 0.538. The van der Waals surface area contributed by atoms with E-state index in [2.05, 4.69) is 33.4 Å². The third-order valence-electron chi connectivity index (χ3n) is 2.78. The van der Waals surface area contributed by atoms with E-state index in [1.54, 1.807) is 0 Å². The molecule has 0 bridgehead atoms. The summed E-state index contributed by atoms with van der Waals surface area (Å²) < 4.78 is 26.4. The summed E-state index contributed by atoms with van der Waals surface area (Å²) in [6.45, 7) is 6.41. The first-order valence-electron chi connectivity index (χ1n) is 5.53. The van der Waals surface area contributed by atoms with Gasteiger partial charge in [0.25, 0.3) is 0 Å². The molecule has 1 unspecified atom stereocenters. The van der Waals surface area contributed by atoms with Crippen LogP contribution in [0.1, 0.15) is 20.8 Å². The Labute approximate surface area is 112 Å². The van der Waals surface area contributed by atoms with Crippen molar-refractivity contribution in [3.05, 3.63) is 29.8 Å². The van der Waals surface area contributed by atoms with Crippen LogP contribution >= 0.6 is 24.4 Å². The van der Waals surface area contributed by atoms with Crippen LogP contribution in [0.25, 0.3) is 0 Å². The molecule has 0 spiro atoms. The summed E-state index contributed by atoms with van der Waals surface area (Å²) in [5.41, 5.74) is 0.124. The van der Waals surface area contributed by atoms with Gasteiger partial charge in [0.15, 0.2) is 0 Å². The van der Waals surface area contributed by atoms with Crippen molar-refractivity contribution >= 4 is 24.4 Å². The predicted octanol–water partition coefficient (Wildman–Crippen LogP) is 4.65. The van der Waals surface area contributed by atoms with Gasteiger partial charge in [-0.1, -0.05) is 20.8 Å². The van der Waals surface area contributed by atoms with Gasteiger partial charge in [-0.05, 0) is 35.3 Å². The number of hydrogen-bond donors (Lipinski definition) is 1. The smallest absolute Gasteiger partial charge is 0.136 e. The first-order valence-corrected chi connectivity index (χ1v) is 7.15. The summed E-state index contributed by atoms with van der Waals surface area (Å²) in [5.74, 6) is 1.09. The van der Waals surface area contributed by atoms with Gasteiger partial charge in [0, 0.05) is 10.6 Å². The summed E-state index contributed by atoms with van der Waals surface area (Å²) in [7, 11) is 0. The molecule has 0 radical (unpaired) electrons. The largest absolute Gasteiger partial charge is 0.207 e. The molecule has 1 rings (SSSR count). The van der Waals surface area contributed by atoms with E-state index >= 15 is 0 Å². The van der Waals surface area contributed by atoms with Crippen molar-refractivity contribution in [1.82, 2.24) is 0 Å². The SMILES string of the molecule is CC(C)(C)C(CS)CSc1cc(F)ccc1F. The van der Waals surface area contributed by atoms with E-state index in [4.69, 9.17) is 0 Å². The van der Waals surface area contributed by atoms with Crippen molar-refractivity contribution < 1.29 is 8.78 Å². The highest BCUT2D eigenvalue weighted by molar-refractivity contribution is 7.99. The molecular formula is C13H18F2S2. The van der Waals surface area contributed by atoms with Gasteiger partial charge < -0.3 is 0 Å². The molecule has 0 aliphatic carbocycles. The first-order chi connectivity index (χ1) is 7.84. The molecule has 1 aromatic rings. The molecule has 0 aliphatic heterocycles. The Hall–Kier alpha value is -0.220. The second-order valence-electron chi connectivity index (χ2n) is 5.13. The molecule has 1 aromatic carbocycles. The van der Waals surface area contributed by atoms with Crippen LogP contribution in [-0.2, 0) is 0 Å². The van der Waals surface area contributed by atoms with E-state index in [1.807, 2.05) is 0 Å². The zero-order chi connectivity index (χ0) is 13.1. The Morgan fingerprint density at radius 1 is 1.29 bits per heavy atom. The van der Waals surface area contributed by atoms with Gasteiger partial charge in [0.05, 0.1) is 0 Å². The van der Waals surface area contributed by atoms with Crippen LogP contribution in [0.15, 0.2) is 23.1 Å². The Morgan fingerprint density at radius 2 is 1.94 bits per heavy atom.